The van der Waals surface area contributed by atoms with Crippen molar-refractivity contribution in [2.24, 2.45) is 0 Å². The van der Waals surface area contributed by atoms with Crippen molar-refractivity contribution in [3.8, 4) is 22.5 Å². The summed E-state index contributed by atoms with van der Waals surface area (Å²) in [5.74, 6) is 0.550. The molecule has 40 heavy (non-hydrogen) atoms. The van der Waals surface area contributed by atoms with E-state index in [2.05, 4.69) is 20.6 Å². The fraction of sp³-hybridized carbons (Fsp3) is 0.321. The summed E-state index contributed by atoms with van der Waals surface area (Å²) in [5.41, 5.74) is 3.26. The number of carbonyl (C=O) groups is 1. The molecule has 0 saturated heterocycles. The number of aromatic amines is 1. The molecular weight excluding hydrogens is 512 g/mol. The molecule has 3 heterocycles. The summed E-state index contributed by atoms with van der Waals surface area (Å²) < 4.78 is 9.03. The van der Waals surface area contributed by atoms with Gasteiger partial charge in [0.15, 0.2) is 11.2 Å². The second-order valence-corrected chi connectivity index (χ2v) is 9.42. The van der Waals surface area contributed by atoms with Gasteiger partial charge in [0.2, 0.25) is 5.82 Å². The lowest BCUT2D eigenvalue weighted by atomic mass is 9.98. The van der Waals surface area contributed by atoms with Crippen LogP contribution in [0.5, 0.6) is 0 Å². The van der Waals surface area contributed by atoms with E-state index in [1.54, 1.807) is 0 Å². The standard InChI is InChI=1S/C28H30N8O4/c1-4-8-22-29-26-24(27(38)36(17-23(37)40-3)28(39)34(26)15-5-2)35(22)16-18-11-13-19(14-12-18)20-9-6-7-10-21(20)25-30-32-33-31-25/h6-7,9-14H,4-5,8,15-17H2,1-3H3,(H,30,31,32,33). The number of H-pyrrole nitrogens is 1. The van der Waals surface area contributed by atoms with Gasteiger partial charge in [-0.05, 0) is 34.7 Å². The number of fused-ring (bicyclic) bond motifs is 1. The Labute approximate surface area is 229 Å². The fourth-order valence-corrected chi connectivity index (χ4v) is 4.86. The first kappa shape index (κ1) is 26.7. The summed E-state index contributed by atoms with van der Waals surface area (Å²) in [6.07, 6.45) is 2.10. The first-order chi connectivity index (χ1) is 19.5. The molecule has 2 aromatic carbocycles. The molecule has 3 aromatic heterocycles. The number of imidazole rings is 1. The van der Waals surface area contributed by atoms with Crippen LogP contribution in [0.2, 0.25) is 0 Å². The van der Waals surface area contributed by atoms with Gasteiger partial charge in [-0.15, -0.1) is 10.2 Å². The minimum Gasteiger partial charge on any atom is -0.468 e. The molecule has 0 radical (unpaired) electrons. The van der Waals surface area contributed by atoms with Gasteiger partial charge in [-0.3, -0.25) is 14.2 Å². The molecule has 0 aliphatic carbocycles. The van der Waals surface area contributed by atoms with Crippen LogP contribution in [0.3, 0.4) is 0 Å². The molecule has 0 unspecified atom stereocenters. The second kappa shape index (κ2) is 11.5. The van der Waals surface area contributed by atoms with E-state index in [4.69, 9.17) is 9.72 Å². The van der Waals surface area contributed by atoms with E-state index in [0.29, 0.717) is 48.7 Å². The molecule has 0 aliphatic heterocycles. The Kier molecular flexibility index (Phi) is 7.67. The lowest BCUT2D eigenvalue weighted by molar-refractivity contribution is -0.141. The number of methoxy groups -OCH3 is 1. The number of ether oxygens (including phenoxy) is 1. The molecule has 0 aliphatic rings. The summed E-state index contributed by atoms with van der Waals surface area (Å²) in [7, 11) is 1.23. The van der Waals surface area contributed by atoms with Crippen LogP contribution in [-0.4, -0.2) is 52.4 Å². The number of hydrogen-bond donors (Lipinski definition) is 1. The van der Waals surface area contributed by atoms with Gasteiger partial charge in [-0.2, -0.15) is 5.21 Å². The van der Waals surface area contributed by atoms with Crippen molar-refractivity contribution >= 4 is 17.1 Å². The Morgan fingerprint density at radius 2 is 1.70 bits per heavy atom. The molecule has 1 N–H and O–H groups in total. The van der Waals surface area contributed by atoms with Crippen molar-refractivity contribution < 1.29 is 9.53 Å². The smallest absolute Gasteiger partial charge is 0.333 e. The van der Waals surface area contributed by atoms with Crippen LogP contribution in [0.25, 0.3) is 33.7 Å². The molecule has 12 heteroatoms. The normalized spacial score (nSPS) is 11.3. The van der Waals surface area contributed by atoms with Crippen molar-refractivity contribution in [3.63, 3.8) is 0 Å². The Morgan fingerprint density at radius 3 is 2.35 bits per heavy atom. The van der Waals surface area contributed by atoms with Gasteiger partial charge in [0.1, 0.15) is 12.4 Å². The highest BCUT2D eigenvalue weighted by molar-refractivity contribution is 5.80. The minimum absolute atomic E-state index is 0.298. The zero-order valence-electron chi connectivity index (χ0n) is 22.6. The van der Waals surface area contributed by atoms with E-state index in [1.165, 1.54) is 11.7 Å². The summed E-state index contributed by atoms with van der Waals surface area (Å²) in [6, 6.07) is 15.8. The second-order valence-electron chi connectivity index (χ2n) is 9.42. The largest absolute Gasteiger partial charge is 0.468 e. The number of carbonyl (C=O) groups excluding carboxylic acids is 1. The third-order valence-corrected chi connectivity index (χ3v) is 6.75. The van der Waals surface area contributed by atoms with Crippen molar-refractivity contribution in [2.45, 2.75) is 52.7 Å². The number of esters is 1. The van der Waals surface area contributed by atoms with Gasteiger partial charge in [-0.1, -0.05) is 62.4 Å². The van der Waals surface area contributed by atoms with Crippen LogP contribution < -0.4 is 11.2 Å². The SMILES string of the molecule is CCCc1nc2c(c(=O)n(CC(=O)OC)c(=O)n2CCC)n1Cc1ccc(-c2ccccc2-c2nn[nH]n2)cc1. The van der Waals surface area contributed by atoms with Crippen LogP contribution in [0.1, 0.15) is 38.1 Å². The molecular formula is C28H30N8O4. The third-order valence-electron chi connectivity index (χ3n) is 6.75. The summed E-state index contributed by atoms with van der Waals surface area (Å²) in [5, 5.41) is 14.4. The summed E-state index contributed by atoms with van der Waals surface area (Å²) >= 11 is 0. The lowest BCUT2D eigenvalue weighted by Crippen LogP contribution is -2.42. The lowest BCUT2D eigenvalue weighted by Gasteiger charge is -2.13. The van der Waals surface area contributed by atoms with E-state index in [0.717, 1.165) is 33.2 Å². The predicted octanol–water partition coefficient (Wildman–Crippen LogP) is 2.79. The first-order valence-electron chi connectivity index (χ1n) is 13.2. The topological polar surface area (TPSA) is 143 Å². The van der Waals surface area contributed by atoms with Gasteiger partial charge >= 0.3 is 11.7 Å². The average molecular weight is 543 g/mol. The van der Waals surface area contributed by atoms with Crippen molar-refractivity contribution in [1.82, 2.24) is 39.3 Å². The molecule has 0 fully saturated rings. The Balaban J connectivity index is 1.60. The number of aromatic nitrogens is 8. The summed E-state index contributed by atoms with van der Waals surface area (Å²) in [4.78, 5) is 43.7. The minimum atomic E-state index is -0.668. The van der Waals surface area contributed by atoms with Crippen LogP contribution in [-0.2, 0) is 35.6 Å². The van der Waals surface area contributed by atoms with Crippen molar-refractivity contribution in [2.75, 3.05) is 7.11 Å². The van der Waals surface area contributed by atoms with Crippen LogP contribution >= 0.6 is 0 Å². The van der Waals surface area contributed by atoms with E-state index in [1.807, 2.05) is 66.9 Å². The van der Waals surface area contributed by atoms with Gasteiger partial charge in [-0.25, -0.2) is 14.3 Å². The first-order valence-corrected chi connectivity index (χ1v) is 13.2. The highest BCUT2D eigenvalue weighted by Crippen LogP contribution is 2.30. The van der Waals surface area contributed by atoms with E-state index in [-0.39, 0.29) is 0 Å². The quantitative estimate of drug-likeness (QED) is 0.266. The van der Waals surface area contributed by atoms with Crippen LogP contribution in [0, 0.1) is 0 Å². The molecule has 5 aromatic rings. The number of benzene rings is 2. The van der Waals surface area contributed by atoms with E-state index >= 15 is 0 Å². The maximum atomic E-state index is 13.6. The zero-order chi connectivity index (χ0) is 28.2. The molecule has 0 bridgehead atoms. The molecule has 12 nitrogen and oxygen atoms in total. The molecule has 206 valence electrons. The number of aryl methyl sites for hydroxylation is 2. The maximum absolute atomic E-state index is 13.6. The van der Waals surface area contributed by atoms with Crippen LogP contribution in [0.15, 0.2) is 58.1 Å². The van der Waals surface area contributed by atoms with Crippen LogP contribution in [0.4, 0.5) is 0 Å². The Morgan fingerprint density at radius 1 is 0.950 bits per heavy atom. The number of nitrogens with one attached hydrogen (secondary N) is 1. The average Bonchev–Trinajstić information content (AvgIpc) is 3.63. The summed E-state index contributed by atoms with van der Waals surface area (Å²) in [6.45, 7) is 4.26. The Bertz CT molecular complexity index is 1770. The third kappa shape index (κ3) is 4.95. The molecule has 0 amide bonds. The predicted molar refractivity (Wildman–Crippen MR) is 149 cm³/mol. The van der Waals surface area contributed by atoms with Crippen molar-refractivity contribution in [1.29, 1.82) is 0 Å². The highest BCUT2D eigenvalue weighted by atomic mass is 16.5. The molecule has 0 atom stereocenters. The maximum Gasteiger partial charge on any atom is 0.333 e. The van der Waals surface area contributed by atoms with Crippen molar-refractivity contribution in [3.05, 3.63) is 80.8 Å². The number of nitrogens with zero attached hydrogens (tertiary/aromatic N) is 7. The molecule has 5 rings (SSSR count). The monoisotopic (exact) mass is 542 g/mol. The molecule has 0 spiro atoms. The van der Waals surface area contributed by atoms with E-state index < -0.39 is 23.8 Å². The molecule has 0 saturated carbocycles. The fourth-order valence-electron chi connectivity index (χ4n) is 4.86. The van der Waals surface area contributed by atoms with Gasteiger partial charge in [0.25, 0.3) is 5.56 Å². The van der Waals surface area contributed by atoms with Gasteiger partial charge < -0.3 is 9.30 Å². The number of rotatable bonds is 10. The van der Waals surface area contributed by atoms with Gasteiger partial charge in [0, 0.05) is 25.1 Å². The van der Waals surface area contributed by atoms with Gasteiger partial charge in [0.05, 0.1) is 7.11 Å². The number of hydrogen-bond acceptors (Lipinski definition) is 8. The highest BCUT2D eigenvalue weighted by Gasteiger charge is 2.22. The number of tetrazole rings is 1. The Hall–Kier alpha value is -4.87. The zero-order valence-corrected chi connectivity index (χ0v) is 22.6. The van der Waals surface area contributed by atoms with E-state index in [9.17, 15) is 14.4 Å².